The number of likely N-dealkylation sites (tertiary alicyclic amines) is 1. The summed E-state index contributed by atoms with van der Waals surface area (Å²) in [7, 11) is -3.92. The minimum Gasteiger partial charge on any atom is -0.490 e. The molecule has 2 saturated heterocycles. The van der Waals surface area contributed by atoms with E-state index in [1.54, 1.807) is 13.0 Å². The topological polar surface area (TPSA) is 88.2 Å². The molecule has 2 aliphatic carbocycles. The fourth-order valence-corrected chi connectivity index (χ4v) is 12.3. The zero-order chi connectivity index (χ0) is 37.0. The summed E-state index contributed by atoms with van der Waals surface area (Å²) in [5.41, 5.74) is 3.68. The monoisotopic (exact) mass is 763 g/mol. The molecule has 0 aromatic heterocycles. The van der Waals surface area contributed by atoms with E-state index < -0.39 is 21.2 Å². The van der Waals surface area contributed by atoms with Crippen molar-refractivity contribution < 1.29 is 22.7 Å². The van der Waals surface area contributed by atoms with Gasteiger partial charge in [-0.15, -0.1) is 0 Å². The lowest BCUT2D eigenvalue weighted by atomic mass is 9.56. The Morgan fingerprint density at radius 1 is 1.04 bits per heavy atom. The van der Waals surface area contributed by atoms with Gasteiger partial charge >= 0.3 is 0 Å². The second-order valence-electron chi connectivity index (χ2n) is 17.6. The lowest BCUT2D eigenvalue weighted by Gasteiger charge is -2.54. The molecule has 4 aliphatic heterocycles. The van der Waals surface area contributed by atoms with Gasteiger partial charge in [-0.1, -0.05) is 50.1 Å². The van der Waals surface area contributed by atoms with Gasteiger partial charge in [0.05, 0.1) is 29.8 Å². The molecule has 1 amide bonds. The molecular formula is C43H58ClN3O5S. The van der Waals surface area contributed by atoms with Gasteiger partial charge in [0.1, 0.15) is 5.75 Å². The number of carbonyl (C=O) groups excluding carboxylic acids is 1. The highest BCUT2D eigenvalue weighted by Gasteiger charge is 2.50. The van der Waals surface area contributed by atoms with E-state index in [4.69, 9.17) is 21.1 Å². The number of halogens is 1. The van der Waals surface area contributed by atoms with E-state index in [1.807, 2.05) is 25.1 Å². The lowest BCUT2D eigenvalue weighted by Crippen LogP contribution is -2.56. The van der Waals surface area contributed by atoms with E-state index in [-0.39, 0.29) is 22.3 Å². The standard InChI is InChI=1S/C43H58ClN3O5S/c1-4-15-41(27-46-21-18-43(19-22-46)20-23-52-43)16-5-7-30(2)31(3)53(49,50)45-40(48)33-10-14-39-38(25-33)47(26-34-9-12-37(34)41)28-42(29-51-39)17-6-8-32-24-35(44)11-13-36(32)42/h5,10-11,13-14,16,24-25,30-31,34,37H,4,6-9,12,15,17-23,26-29H2,1-3H3,(H,45,48)/b16-5+/t30-,31+,34-,37+,41+,42-/m0/s1. The van der Waals surface area contributed by atoms with E-state index >= 15 is 0 Å². The van der Waals surface area contributed by atoms with Crippen molar-refractivity contribution in [1.29, 1.82) is 0 Å². The first-order valence-electron chi connectivity index (χ1n) is 20.3. The van der Waals surface area contributed by atoms with Crippen molar-refractivity contribution in [2.45, 2.75) is 108 Å². The molecule has 288 valence electrons. The first-order valence-corrected chi connectivity index (χ1v) is 22.3. The first-order chi connectivity index (χ1) is 25.4. The Hall–Kier alpha value is -2.59. The van der Waals surface area contributed by atoms with Crippen LogP contribution in [0.2, 0.25) is 5.02 Å². The summed E-state index contributed by atoms with van der Waals surface area (Å²) in [5, 5.41) is 0.0295. The Kier molecular flexibility index (Phi) is 10.2. The number of rotatable bonds is 4. The normalized spacial score (nSPS) is 34.4. The predicted octanol–water partition coefficient (Wildman–Crippen LogP) is 7.92. The Morgan fingerprint density at radius 2 is 1.85 bits per heavy atom. The number of hydrogen-bond donors (Lipinski definition) is 1. The number of carbonyl (C=O) groups is 1. The number of piperidine rings is 1. The number of nitrogens with one attached hydrogen (secondary N) is 1. The van der Waals surface area contributed by atoms with Gasteiger partial charge in [0.2, 0.25) is 10.0 Å². The second-order valence-corrected chi connectivity index (χ2v) is 20.0. The summed E-state index contributed by atoms with van der Waals surface area (Å²) in [6.45, 7) is 12.2. The van der Waals surface area contributed by atoms with Crippen molar-refractivity contribution in [3.8, 4) is 5.75 Å². The van der Waals surface area contributed by atoms with Gasteiger partial charge in [-0.05, 0) is 130 Å². The van der Waals surface area contributed by atoms with Crippen molar-refractivity contribution >= 4 is 33.2 Å². The molecule has 3 fully saturated rings. The third-order valence-corrected chi connectivity index (χ3v) is 16.5. The molecule has 2 aromatic carbocycles. The van der Waals surface area contributed by atoms with Gasteiger partial charge in [-0.3, -0.25) is 4.79 Å². The van der Waals surface area contributed by atoms with Crippen molar-refractivity contribution in [3.05, 3.63) is 70.3 Å². The van der Waals surface area contributed by atoms with Crippen LogP contribution in [-0.4, -0.2) is 76.0 Å². The van der Waals surface area contributed by atoms with Gasteiger partial charge in [0.25, 0.3) is 5.91 Å². The number of benzene rings is 2. The van der Waals surface area contributed by atoms with E-state index in [9.17, 15) is 13.2 Å². The van der Waals surface area contributed by atoms with E-state index in [0.717, 1.165) is 101 Å². The zero-order valence-electron chi connectivity index (χ0n) is 31.9. The molecule has 0 radical (unpaired) electrons. The third-order valence-electron chi connectivity index (χ3n) is 14.4. The number of allylic oxidation sites excluding steroid dienone is 1. The van der Waals surface area contributed by atoms with Gasteiger partial charge in [0.15, 0.2) is 0 Å². The summed E-state index contributed by atoms with van der Waals surface area (Å²) in [5.74, 6) is 0.959. The molecular weight excluding hydrogens is 706 g/mol. The molecule has 8 nitrogen and oxygen atoms in total. The average molecular weight is 764 g/mol. The SMILES string of the molecule is CCC[C@]1(CN2CCC3(CCO3)CC2)/C=C/C[C@H](C)[C@@H](C)S(=O)(=O)NC(=O)c2ccc3c(c2)N(C[C@@H]2CC[C@H]21)C[C@@]1(CCCc2cc(Cl)ccc21)CO3. The minimum absolute atomic E-state index is 0.0192. The minimum atomic E-state index is -3.92. The van der Waals surface area contributed by atoms with Crippen molar-refractivity contribution in [2.75, 3.05) is 50.8 Å². The van der Waals surface area contributed by atoms with Gasteiger partial charge in [0, 0.05) is 54.1 Å². The summed E-state index contributed by atoms with van der Waals surface area (Å²) in [4.78, 5) is 18.9. The van der Waals surface area contributed by atoms with Crippen LogP contribution in [0.15, 0.2) is 48.6 Å². The van der Waals surface area contributed by atoms with Crippen LogP contribution in [0.3, 0.4) is 0 Å². The van der Waals surface area contributed by atoms with Crippen molar-refractivity contribution in [2.24, 2.45) is 23.2 Å². The lowest BCUT2D eigenvalue weighted by molar-refractivity contribution is -0.175. The Balaban J connectivity index is 1.19. The number of nitrogens with zero attached hydrogens (tertiary/aromatic N) is 2. The van der Waals surface area contributed by atoms with Crippen LogP contribution in [0.1, 0.15) is 106 Å². The van der Waals surface area contributed by atoms with Crippen LogP contribution in [0.25, 0.3) is 0 Å². The summed E-state index contributed by atoms with van der Waals surface area (Å²) >= 11 is 6.52. The molecule has 6 atom stereocenters. The highest BCUT2D eigenvalue weighted by atomic mass is 35.5. The van der Waals surface area contributed by atoms with Crippen LogP contribution in [0, 0.1) is 23.2 Å². The van der Waals surface area contributed by atoms with E-state index in [1.165, 1.54) is 30.4 Å². The number of ether oxygens (including phenoxy) is 2. The van der Waals surface area contributed by atoms with E-state index in [0.29, 0.717) is 30.4 Å². The molecule has 10 heteroatoms. The van der Waals surface area contributed by atoms with Gasteiger partial charge < -0.3 is 19.3 Å². The Labute approximate surface area is 322 Å². The quantitative estimate of drug-likeness (QED) is 0.317. The fraction of sp³-hybridized carbons (Fsp3) is 0.651. The molecule has 53 heavy (non-hydrogen) atoms. The third kappa shape index (κ3) is 7.06. The predicted molar refractivity (Wildman–Crippen MR) is 212 cm³/mol. The molecule has 1 N–H and O–H groups in total. The maximum absolute atomic E-state index is 13.7. The van der Waals surface area contributed by atoms with Gasteiger partial charge in [-0.2, -0.15) is 0 Å². The molecule has 8 rings (SSSR count). The van der Waals surface area contributed by atoms with Crippen LogP contribution >= 0.6 is 11.6 Å². The number of aryl methyl sites for hydroxylation is 1. The van der Waals surface area contributed by atoms with Crippen molar-refractivity contribution in [1.82, 2.24) is 9.62 Å². The number of fused-ring (bicyclic) bond motifs is 4. The number of anilines is 1. The maximum atomic E-state index is 13.7. The van der Waals surface area contributed by atoms with Crippen molar-refractivity contribution in [3.63, 3.8) is 0 Å². The number of amides is 1. The fourth-order valence-electron chi connectivity index (χ4n) is 10.8. The van der Waals surface area contributed by atoms with E-state index in [2.05, 4.69) is 45.7 Å². The van der Waals surface area contributed by atoms with Gasteiger partial charge in [-0.25, -0.2) is 13.1 Å². The van der Waals surface area contributed by atoms with Crippen LogP contribution in [-0.2, 0) is 26.6 Å². The molecule has 1 saturated carbocycles. The highest BCUT2D eigenvalue weighted by molar-refractivity contribution is 7.90. The molecule has 2 spiro atoms. The molecule has 6 aliphatic rings. The summed E-state index contributed by atoms with van der Waals surface area (Å²) in [6, 6.07) is 11.8. The highest BCUT2D eigenvalue weighted by Crippen LogP contribution is 2.53. The number of hydrogen-bond acceptors (Lipinski definition) is 7. The van der Waals surface area contributed by atoms with Crippen LogP contribution in [0.5, 0.6) is 5.75 Å². The Morgan fingerprint density at radius 3 is 2.57 bits per heavy atom. The average Bonchev–Trinajstić information content (AvgIpc) is 3.25. The Bertz CT molecular complexity index is 1840. The smallest absolute Gasteiger partial charge is 0.264 e. The number of sulfonamides is 1. The molecule has 2 bridgehead atoms. The van der Waals surface area contributed by atoms with Crippen LogP contribution < -0.4 is 14.4 Å². The van der Waals surface area contributed by atoms with Crippen LogP contribution in [0.4, 0.5) is 5.69 Å². The molecule has 2 aromatic rings. The molecule has 4 heterocycles. The maximum Gasteiger partial charge on any atom is 0.264 e. The zero-order valence-corrected chi connectivity index (χ0v) is 33.5. The molecule has 0 unspecified atom stereocenters. The summed E-state index contributed by atoms with van der Waals surface area (Å²) < 4.78 is 42.6. The largest absolute Gasteiger partial charge is 0.490 e. The first kappa shape index (κ1) is 37.3. The second kappa shape index (κ2) is 14.5. The summed E-state index contributed by atoms with van der Waals surface area (Å²) in [6.07, 6.45) is 16.4.